The Morgan fingerprint density at radius 2 is 1.74 bits per heavy atom. The highest BCUT2D eigenvalue weighted by Gasteiger charge is 2.47. The Labute approximate surface area is 156 Å². The van der Waals surface area contributed by atoms with Gasteiger partial charge in [-0.1, -0.05) is 53.7 Å². The highest BCUT2D eigenvalue weighted by molar-refractivity contribution is 7.88. The number of benzene rings is 2. The molecule has 1 atom stereocenters. The third-order valence-corrected chi connectivity index (χ3v) is 6.41. The van der Waals surface area contributed by atoms with Gasteiger partial charge in [-0.25, -0.2) is 12.8 Å². The lowest BCUT2D eigenvalue weighted by Gasteiger charge is -2.18. The molecule has 0 spiro atoms. The lowest BCUT2D eigenvalue weighted by molar-refractivity contribution is 0.164. The number of hydrogen-bond acceptors (Lipinski definition) is 5. The molecule has 1 fully saturated rings. The molecule has 140 valence electrons. The van der Waals surface area contributed by atoms with E-state index in [9.17, 15) is 8.42 Å². The molecule has 1 unspecified atom stereocenters. The fourth-order valence-electron chi connectivity index (χ4n) is 3.14. The molecule has 2 heterocycles. The number of alkyl halides is 1. The first kappa shape index (κ1) is 17.8. The summed E-state index contributed by atoms with van der Waals surface area (Å²) in [6.07, 6.45) is -0.00518. The van der Waals surface area contributed by atoms with Crippen molar-refractivity contribution in [3.8, 4) is 11.5 Å². The Balaban J connectivity index is 1.52. The van der Waals surface area contributed by atoms with Crippen molar-refractivity contribution < 1.29 is 17.3 Å². The minimum atomic E-state index is -3.63. The van der Waals surface area contributed by atoms with Crippen LogP contribution in [0.5, 0.6) is 0 Å². The van der Waals surface area contributed by atoms with E-state index in [1.165, 1.54) is 4.31 Å². The molecule has 1 aromatic heterocycles. The molecule has 0 N–H and O–H groups in total. The van der Waals surface area contributed by atoms with Gasteiger partial charge in [0, 0.05) is 18.5 Å². The summed E-state index contributed by atoms with van der Waals surface area (Å²) in [5.74, 6) is -0.0576. The van der Waals surface area contributed by atoms with Crippen molar-refractivity contribution in [3.63, 3.8) is 0 Å². The van der Waals surface area contributed by atoms with Gasteiger partial charge in [-0.2, -0.15) is 9.29 Å². The third-order valence-electron chi connectivity index (χ3n) is 4.62. The van der Waals surface area contributed by atoms with Crippen molar-refractivity contribution in [1.82, 2.24) is 14.4 Å². The molecule has 4 rings (SSSR count). The topological polar surface area (TPSA) is 76.3 Å². The van der Waals surface area contributed by atoms with Crippen molar-refractivity contribution in [2.75, 3.05) is 13.1 Å². The molecule has 1 aliphatic rings. The van der Waals surface area contributed by atoms with Crippen LogP contribution in [0.2, 0.25) is 0 Å². The SMILES string of the molecule is O=S(=O)(Cc1ccccc1)N1CCC(F)(c2noc(-c3ccccc3)n2)C1. The minimum absolute atomic E-state index is 0.00518. The Kier molecular flexibility index (Phi) is 4.53. The Bertz CT molecular complexity index is 1020. The highest BCUT2D eigenvalue weighted by atomic mass is 32.2. The number of aromatic nitrogens is 2. The maximum atomic E-state index is 15.4. The fraction of sp³-hybridized carbons (Fsp3) is 0.263. The van der Waals surface area contributed by atoms with Crippen molar-refractivity contribution in [3.05, 3.63) is 72.1 Å². The second kappa shape index (κ2) is 6.86. The summed E-state index contributed by atoms with van der Waals surface area (Å²) in [6, 6.07) is 17.9. The van der Waals surface area contributed by atoms with E-state index in [4.69, 9.17) is 4.52 Å². The molecule has 8 heteroatoms. The fourth-order valence-corrected chi connectivity index (χ4v) is 4.71. The van der Waals surface area contributed by atoms with E-state index in [1.54, 1.807) is 36.4 Å². The van der Waals surface area contributed by atoms with E-state index in [-0.39, 0.29) is 37.0 Å². The standard InChI is InChI=1S/C19H18FN3O3S/c20-19(18-21-17(26-22-18)16-9-5-2-6-10-16)11-12-23(14-19)27(24,25)13-15-7-3-1-4-8-15/h1-10H,11-14H2. The van der Waals surface area contributed by atoms with Crippen molar-refractivity contribution >= 4 is 10.0 Å². The molecule has 1 saturated heterocycles. The third kappa shape index (κ3) is 3.63. The molecule has 1 aliphatic heterocycles. The zero-order valence-corrected chi connectivity index (χ0v) is 15.3. The van der Waals surface area contributed by atoms with Crippen LogP contribution in [0.25, 0.3) is 11.5 Å². The van der Waals surface area contributed by atoms with E-state index in [0.29, 0.717) is 11.1 Å². The van der Waals surface area contributed by atoms with Gasteiger partial charge in [-0.15, -0.1) is 0 Å². The normalized spacial score (nSPS) is 20.8. The van der Waals surface area contributed by atoms with Crippen LogP contribution in [-0.2, 0) is 21.4 Å². The Hall–Kier alpha value is -2.58. The van der Waals surface area contributed by atoms with Gasteiger partial charge < -0.3 is 4.52 Å². The summed E-state index contributed by atoms with van der Waals surface area (Å²) in [4.78, 5) is 4.16. The lowest BCUT2D eigenvalue weighted by atomic mass is 10.1. The summed E-state index contributed by atoms with van der Waals surface area (Å²) in [5.41, 5.74) is -0.605. The van der Waals surface area contributed by atoms with E-state index in [0.717, 1.165) is 0 Å². The van der Waals surface area contributed by atoms with Crippen molar-refractivity contribution in [1.29, 1.82) is 0 Å². The van der Waals surface area contributed by atoms with Crippen LogP contribution in [0.1, 0.15) is 17.8 Å². The summed E-state index contributed by atoms with van der Waals surface area (Å²) < 4.78 is 47.0. The van der Waals surface area contributed by atoms with Crippen LogP contribution < -0.4 is 0 Å². The summed E-state index contributed by atoms with van der Waals surface area (Å²) in [5, 5.41) is 3.76. The molecule has 0 aliphatic carbocycles. The van der Waals surface area contributed by atoms with Gasteiger partial charge in [0.25, 0.3) is 5.89 Å². The number of halogens is 1. The molecule has 2 aromatic carbocycles. The second-order valence-electron chi connectivity index (χ2n) is 6.58. The Morgan fingerprint density at radius 1 is 1.07 bits per heavy atom. The Morgan fingerprint density at radius 3 is 2.44 bits per heavy atom. The quantitative estimate of drug-likeness (QED) is 0.672. The van der Waals surface area contributed by atoms with Crippen LogP contribution in [0, 0.1) is 0 Å². The monoisotopic (exact) mass is 387 g/mol. The van der Waals surface area contributed by atoms with Crippen LogP contribution in [-0.4, -0.2) is 36.0 Å². The van der Waals surface area contributed by atoms with Crippen LogP contribution in [0.15, 0.2) is 65.2 Å². The van der Waals surface area contributed by atoms with Crippen molar-refractivity contribution in [2.45, 2.75) is 17.8 Å². The molecular formula is C19H18FN3O3S. The largest absolute Gasteiger partial charge is 0.334 e. The molecular weight excluding hydrogens is 369 g/mol. The van der Waals surface area contributed by atoms with Crippen molar-refractivity contribution in [2.24, 2.45) is 0 Å². The highest BCUT2D eigenvalue weighted by Crippen LogP contribution is 2.37. The zero-order chi connectivity index (χ0) is 18.9. The minimum Gasteiger partial charge on any atom is -0.334 e. The molecule has 0 saturated carbocycles. The van der Waals surface area contributed by atoms with Crippen LogP contribution >= 0.6 is 0 Å². The molecule has 6 nitrogen and oxygen atoms in total. The van der Waals surface area contributed by atoms with Crippen LogP contribution in [0.4, 0.5) is 4.39 Å². The summed E-state index contributed by atoms with van der Waals surface area (Å²) in [6.45, 7) is -0.225. The molecule has 3 aromatic rings. The smallest absolute Gasteiger partial charge is 0.258 e. The van der Waals surface area contributed by atoms with Gasteiger partial charge >= 0.3 is 0 Å². The average molecular weight is 387 g/mol. The predicted octanol–water partition coefficient (Wildman–Crippen LogP) is 3.14. The first-order valence-corrected chi connectivity index (χ1v) is 10.2. The number of hydrogen-bond donors (Lipinski definition) is 0. The van der Waals surface area contributed by atoms with Gasteiger partial charge in [-0.3, -0.25) is 0 Å². The van der Waals surface area contributed by atoms with E-state index in [1.807, 2.05) is 24.3 Å². The van der Waals surface area contributed by atoms with Crippen LogP contribution in [0.3, 0.4) is 0 Å². The number of sulfonamides is 1. The van der Waals surface area contributed by atoms with Gasteiger partial charge in [0.15, 0.2) is 5.67 Å². The molecule has 27 heavy (non-hydrogen) atoms. The van der Waals surface area contributed by atoms with Gasteiger partial charge in [-0.05, 0) is 17.7 Å². The molecule has 0 radical (unpaired) electrons. The second-order valence-corrected chi connectivity index (χ2v) is 8.55. The van der Waals surface area contributed by atoms with Gasteiger partial charge in [0.05, 0.1) is 12.3 Å². The van der Waals surface area contributed by atoms with E-state index >= 15 is 4.39 Å². The van der Waals surface area contributed by atoms with E-state index < -0.39 is 15.7 Å². The first-order valence-electron chi connectivity index (χ1n) is 8.57. The maximum absolute atomic E-state index is 15.4. The summed E-state index contributed by atoms with van der Waals surface area (Å²) in [7, 11) is -3.63. The molecule has 0 bridgehead atoms. The average Bonchev–Trinajstić information content (AvgIpc) is 3.31. The predicted molar refractivity (Wildman–Crippen MR) is 97.8 cm³/mol. The number of nitrogens with zero attached hydrogens (tertiary/aromatic N) is 3. The van der Waals surface area contributed by atoms with Gasteiger partial charge in [0.1, 0.15) is 0 Å². The van der Waals surface area contributed by atoms with E-state index in [2.05, 4.69) is 10.1 Å². The maximum Gasteiger partial charge on any atom is 0.258 e. The number of rotatable bonds is 5. The first-order chi connectivity index (χ1) is 13.0. The lowest BCUT2D eigenvalue weighted by Crippen LogP contribution is -2.33. The zero-order valence-electron chi connectivity index (χ0n) is 14.5. The van der Waals surface area contributed by atoms with Gasteiger partial charge in [0.2, 0.25) is 15.8 Å². The molecule has 0 amide bonds. The summed E-state index contributed by atoms with van der Waals surface area (Å²) >= 11 is 0.